The van der Waals surface area contributed by atoms with Gasteiger partial charge in [-0.3, -0.25) is 4.90 Å². The van der Waals surface area contributed by atoms with Gasteiger partial charge in [-0.25, -0.2) is 0 Å². The highest BCUT2D eigenvalue weighted by Gasteiger charge is 2.10. The average Bonchev–Trinajstić information content (AvgIpc) is 2.63. The average molecular weight is 338 g/mol. The molecule has 0 amide bonds. The van der Waals surface area contributed by atoms with Crippen molar-refractivity contribution in [1.82, 2.24) is 10.2 Å². The molecule has 0 spiro atoms. The first-order chi connectivity index (χ1) is 11.8. The van der Waals surface area contributed by atoms with Crippen molar-refractivity contribution in [2.45, 2.75) is 19.1 Å². The molecule has 1 heterocycles. The zero-order chi connectivity index (χ0) is 17.0. The van der Waals surface area contributed by atoms with E-state index in [1.165, 1.54) is 0 Å². The van der Waals surface area contributed by atoms with Crippen LogP contribution in [0.4, 0.5) is 0 Å². The zero-order valence-electron chi connectivity index (χ0n) is 14.6. The largest absolute Gasteiger partial charge is 0.496 e. The molecule has 1 aliphatic rings. The van der Waals surface area contributed by atoms with E-state index in [4.69, 9.17) is 14.2 Å². The summed E-state index contributed by atoms with van der Waals surface area (Å²) in [6.07, 6.45) is 0.581. The van der Waals surface area contributed by atoms with Crippen molar-refractivity contribution in [3.8, 4) is 5.75 Å². The molecule has 2 rings (SSSR count). The van der Waals surface area contributed by atoms with Gasteiger partial charge < -0.3 is 24.6 Å². The predicted octanol–water partition coefficient (Wildman–Crippen LogP) is 0.885. The first-order valence-corrected chi connectivity index (χ1v) is 8.68. The molecule has 6 nitrogen and oxygen atoms in total. The number of aliphatic hydroxyl groups is 1. The molecule has 1 aliphatic heterocycles. The van der Waals surface area contributed by atoms with E-state index in [1.54, 1.807) is 7.11 Å². The predicted molar refractivity (Wildman–Crippen MR) is 93.4 cm³/mol. The molecule has 1 unspecified atom stereocenters. The van der Waals surface area contributed by atoms with Crippen LogP contribution < -0.4 is 10.1 Å². The molecular weight excluding hydrogens is 308 g/mol. The van der Waals surface area contributed by atoms with E-state index in [1.807, 2.05) is 24.3 Å². The number of methoxy groups -OCH3 is 1. The summed E-state index contributed by atoms with van der Waals surface area (Å²) in [6.45, 7) is 7.03. The first kappa shape index (κ1) is 19.1. The molecule has 1 atom stereocenters. The quantitative estimate of drug-likeness (QED) is 0.584. The Morgan fingerprint density at radius 1 is 1.29 bits per heavy atom. The van der Waals surface area contributed by atoms with Gasteiger partial charge in [-0.1, -0.05) is 18.2 Å². The minimum absolute atomic E-state index is 0.314. The number of morpholine rings is 1. The highest BCUT2D eigenvalue weighted by atomic mass is 16.5. The van der Waals surface area contributed by atoms with Crippen molar-refractivity contribution in [3.05, 3.63) is 29.8 Å². The van der Waals surface area contributed by atoms with Gasteiger partial charge in [0, 0.05) is 25.2 Å². The Hall–Kier alpha value is -1.18. The fourth-order valence-electron chi connectivity index (χ4n) is 2.71. The molecule has 0 radical (unpaired) electrons. The summed E-state index contributed by atoms with van der Waals surface area (Å²) >= 11 is 0. The molecule has 0 aromatic heterocycles. The fraction of sp³-hybridized carbons (Fsp3) is 0.667. The molecule has 136 valence electrons. The number of rotatable bonds is 11. The summed E-state index contributed by atoms with van der Waals surface area (Å²) in [7, 11) is 1.65. The van der Waals surface area contributed by atoms with Crippen molar-refractivity contribution in [3.63, 3.8) is 0 Å². The monoisotopic (exact) mass is 338 g/mol. The van der Waals surface area contributed by atoms with Gasteiger partial charge in [-0.2, -0.15) is 0 Å². The number of benzene rings is 1. The normalized spacial score (nSPS) is 16.9. The van der Waals surface area contributed by atoms with Crippen LogP contribution in [-0.2, 0) is 16.1 Å². The third-order valence-corrected chi connectivity index (χ3v) is 4.07. The Morgan fingerprint density at radius 2 is 2.08 bits per heavy atom. The molecule has 0 saturated carbocycles. The number of hydrogen-bond donors (Lipinski definition) is 2. The third kappa shape index (κ3) is 7.15. The second-order valence-corrected chi connectivity index (χ2v) is 5.99. The van der Waals surface area contributed by atoms with Crippen LogP contribution in [0.3, 0.4) is 0 Å². The van der Waals surface area contributed by atoms with Gasteiger partial charge >= 0.3 is 0 Å². The molecular formula is C18H30N2O4. The van der Waals surface area contributed by atoms with Crippen LogP contribution in [0.2, 0.25) is 0 Å². The number of para-hydroxylation sites is 1. The summed E-state index contributed by atoms with van der Waals surface area (Å²) < 4.78 is 16.2. The maximum atomic E-state index is 9.96. The van der Waals surface area contributed by atoms with Gasteiger partial charge in [0.05, 0.1) is 39.6 Å². The number of aliphatic hydroxyl groups excluding tert-OH is 1. The lowest BCUT2D eigenvalue weighted by Crippen LogP contribution is -2.38. The number of nitrogens with one attached hydrogen (secondary N) is 1. The van der Waals surface area contributed by atoms with Crippen LogP contribution in [-0.4, -0.2) is 75.8 Å². The van der Waals surface area contributed by atoms with Crippen molar-refractivity contribution in [2.75, 3.05) is 59.7 Å². The van der Waals surface area contributed by atoms with Crippen LogP contribution in [0.1, 0.15) is 12.0 Å². The molecule has 24 heavy (non-hydrogen) atoms. The maximum Gasteiger partial charge on any atom is 0.124 e. The van der Waals surface area contributed by atoms with Crippen molar-refractivity contribution < 1.29 is 19.3 Å². The topological polar surface area (TPSA) is 63.2 Å². The molecule has 1 saturated heterocycles. The molecule has 1 fully saturated rings. The Kier molecular flexibility index (Phi) is 9.09. The summed E-state index contributed by atoms with van der Waals surface area (Å²) in [5.41, 5.74) is 0.991. The molecule has 2 N–H and O–H groups in total. The first-order valence-electron chi connectivity index (χ1n) is 8.68. The minimum Gasteiger partial charge on any atom is -0.496 e. The third-order valence-electron chi connectivity index (χ3n) is 4.07. The van der Waals surface area contributed by atoms with E-state index in [2.05, 4.69) is 10.2 Å². The van der Waals surface area contributed by atoms with E-state index in [-0.39, 0.29) is 0 Å². The Morgan fingerprint density at radius 3 is 2.88 bits per heavy atom. The van der Waals surface area contributed by atoms with E-state index < -0.39 is 6.10 Å². The van der Waals surface area contributed by atoms with Gasteiger partial charge in [0.1, 0.15) is 5.75 Å². The Balaban J connectivity index is 1.49. The van der Waals surface area contributed by atoms with Gasteiger partial charge in [-0.05, 0) is 25.6 Å². The summed E-state index contributed by atoms with van der Waals surface area (Å²) in [6, 6.07) is 7.76. The van der Waals surface area contributed by atoms with Crippen molar-refractivity contribution in [2.24, 2.45) is 0 Å². The SMILES string of the molecule is COc1ccccc1COCC(O)CNCCCN1CCOCC1. The lowest BCUT2D eigenvalue weighted by Gasteiger charge is -2.26. The second-order valence-electron chi connectivity index (χ2n) is 5.99. The van der Waals surface area contributed by atoms with Crippen LogP contribution in [0.25, 0.3) is 0 Å². The molecule has 1 aromatic rings. The van der Waals surface area contributed by atoms with E-state index in [0.29, 0.717) is 19.8 Å². The summed E-state index contributed by atoms with van der Waals surface area (Å²) in [5, 5.41) is 13.2. The van der Waals surface area contributed by atoms with Gasteiger partial charge in [0.2, 0.25) is 0 Å². The van der Waals surface area contributed by atoms with E-state index in [9.17, 15) is 5.11 Å². The van der Waals surface area contributed by atoms with Crippen LogP contribution in [0, 0.1) is 0 Å². The number of hydrogen-bond acceptors (Lipinski definition) is 6. The van der Waals surface area contributed by atoms with Crippen molar-refractivity contribution >= 4 is 0 Å². The smallest absolute Gasteiger partial charge is 0.124 e. The molecule has 0 aliphatic carbocycles. The maximum absolute atomic E-state index is 9.96. The van der Waals surface area contributed by atoms with Crippen molar-refractivity contribution in [1.29, 1.82) is 0 Å². The lowest BCUT2D eigenvalue weighted by atomic mass is 10.2. The van der Waals surface area contributed by atoms with Gasteiger partial charge in [0.15, 0.2) is 0 Å². The number of ether oxygens (including phenoxy) is 3. The minimum atomic E-state index is -0.497. The molecule has 0 bridgehead atoms. The summed E-state index contributed by atoms with van der Waals surface area (Å²) in [4.78, 5) is 2.41. The van der Waals surface area contributed by atoms with E-state index >= 15 is 0 Å². The highest BCUT2D eigenvalue weighted by molar-refractivity contribution is 5.32. The fourth-order valence-corrected chi connectivity index (χ4v) is 2.71. The molecule has 6 heteroatoms. The van der Waals surface area contributed by atoms with Crippen LogP contribution in [0.15, 0.2) is 24.3 Å². The number of nitrogens with zero attached hydrogens (tertiary/aromatic N) is 1. The Bertz CT molecular complexity index is 452. The Labute approximate surface area is 144 Å². The lowest BCUT2D eigenvalue weighted by molar-refractivity contribution is 0.0273. The van der Waals surface area contributed by atoms with Gasteiger partial charge in [0.25, 0.3) is 0 Å². The highest BCUT2D eigenvalue weighted by Crippen LogP contribution is 2.17. The van der Waals surface area contributed by atoms with Crippen LogP contribution >= 0.6 is 0 Å². The summed E-state index contributed by atoms with van der Waals surface area (Å²) in [5.74, 6) is 0.813. The second kappa shape index (κ2) is 11.4. The standard InChI is InChI=1S/C18H30N2O4/c1-22-18-6-3-2-5-16(18)14-24-15-17(21)13-19-7-4-8-20-9-11-23-12-10-20/h2-3,5-6,17,19,21H,4,7-15H2,1H3. The van der Waals surface area contributed by atoms with Crippen LogP contribution in [0.5, 0.6) is 5.75 Å². The zero-order valence-corrected chi connectivity index (χ0v) is 14.6. The van der Waals surface area contributed by atoms with Gasteiger partial charge in [-0.15, -0.1) is 0 Å². The van der Waals surface area contributed by atoms with E-state index in [0.717, 1.165) is 57.1 Å². The molecule has 1 aromatic carbocycles.